The molecule has 1 N–H and O–H groups in total. The fourth-order valence-corrected chi connectivity index (χ4v) is 2.07. The van der Waals surface area contributed by atoms with Crippen molar-refractivity contribution in [1.29, 1.82) is 0 Å². The van der Waals surface area contributed by atoms with E-state index in [4.69, 9.17) is 4.74 Å². The van der Waals surface area contributed by atoms with Crippen LogP contribution in [0.3, 0.4) is 0 Å². The van der Waals surface area contributed by atoms with Gasteiger partial charge in [-0.05, 0) is 12.3 Å². The van der Waals surface area contributed by atoms with E-state index in [1.807, 2.05) is 27.7 Å². The van der Waals surface area contributed by atoms with Gasteiger partial charge in [-0.15, -0.1) is 0 Å². The Bertz CT molecular complexity index is 297. The third-order valence-electron chi connectivity index (χ3n) is 2.80. The molecule has 0 aromatic heterocycles. The monoisotopic (exact) mass is 242 g/mol. The summed E-state index contributed by atoms with van der Waals surface area (Å²) in [5.74, 6) is -0.113. The first-order valence-corrected chi connectivity index (χ1v) is 6.03. The second-order valence-electron chi connectivity index (χ2n) is 5.27. The Balaban J connectivity index is 2.77. The van der Waals surface area contributed by atoms with Gasteiger partial charge in [-0.2, -0.15) is 0 Å². The molecule has 0 radical (unpaired) electrons. The number of nitrogens with zero attached hydrogens (tertiary/aromatic N) is 1. The Morgan fingerprint density at radius 2 is 2.06 bits per heavy atom. The van der Waals surface area contributed by atoms with Gasteiger partial charge in [-0.25, -0.2) is 0 Å². The summed E-state index contributed by atoms with van der Waals surface area (Å²) < 4.78 is 5.26. The molecule has 5 nitrogen and oxygen atoms in total. The van der Waals surface area contributed by atoms with E-state index in [2.05, 4.69) is 5.32 Å². The maximum absolute atomic E-state index is 11.9. The van der Waals surface area contributed by atoms with Crippen molar-refractivity contribution in [3.8, 4) is 0 Å². The second kappa shape index (κ2) is 5.49. The average molecular weight is 242 g/mol. The van der Waals surface area contributed by atoms with Gasteiger partial charge in [-0.3, -0.25) is 9.59 Å². The lowest BCUT2D eigenvalue weighted by molar-refractivity contribution is -0.150. The number of nitrogens with one attached hydrogen (secondary N) is 1. The minimum absolute atomic E-state index is 0.0378. The standard InChI is InChI=1S/C12H22N2O3/c1-5-17-7-6-14-9(15)8-13-11(16)10(14)12(2,3)4/h10H,5-8H2,1-4H3,(H,13,16). The summed E-state index contributed by atoms with van der Waals surface area (Å²) in [6.45, 7) is 9.46. The highest BCUT2D eigenvalue weighted by atomic mass is 16.5. The molecule has 0 aliphatic carbocycles. The lowest BCUT2D eigenvalue weighted by atomic mass is 9.84. The third kappa shape index (κ3) is 3.43. The van der Waals surface area contributed by atoms with Crippen molar-refractivity contribution in [3.63, 3.8) is 0 Å². The van der Waals surface area contributed by atoms with Crippen molar-refractivity contribution < 1.29 is 14.3 Å². The van der Waals surface area contributed by atoms with Gasteiger partial charge >= 0.3 is 0 Å². The summed E-state index contributed by atoms with van der Waals surface area (Å²) in [7, 11) is 0. The molecule has 0 spiro atoms. The molecule has 1 heterocycles. The Kier molecular flexibility index (Phi) is 4.51. The van der Waals surface area contributed by atoms with E-state index >= 15 is 0 Å². The van der Waals surface area contributed by atoms with E-state index in [0.717, 1.165) is 0 Å². The molecule has 1 rings (SSSR count). The molecular formula is C12H22N2O3. The second-order valence-corrected chi connectivity index (χ2v) is 5.27. The smallest absolute Gasteiger partial charge is 0.243 e. The fraction of sp³-hybridized carbons (Fsp3) is 0.833. The van der Waals surface area contributed by atoms with Crippen LogP contribution in [0, 0.1) is 5.41 Å². The predicted octanol–water partition coefficient (Wildman–Crippen LogP) is 0.396. The SMILES string of the molecule is CCOCCN1C(=O)CNC(=O)C1C(C)(C)C. The van der Waals surface area contributed by atoms with Gasteiger partial charge < -0.3 is 15.0 Å². The Labute approximate surface area is 102 Å². The molecule has 0 aromatic carbocycles. The third-order valence-corrected chi connectivity index (χ3v) is 2.80. The van der Waals surface area contributed by atoms with Gasteiger partial charge in [0.2, 0.25) is 11.8 Å². The average Bonchev–Trinajstić information content (AvgIpc) is 2.21. The molecule has 2 amide bonds. The van der Waals surface area contributed by atoms with Crippen molar-refractivity contribution >= 4 is 11.8 Å². The van der Waals surface area contributed by atoms with Crippen LogP contribution in [0.15, 0.2) is 0 Å². The summed E-state index contributed by atoms with van der Waals surface area (Å²) in [5, 5.41) is 2.64. The van der Waals surface area contributed by atoms with E-state index in [1.54, 1.807) is 4.90 Å². The number of hydrogen-bond donors (Lipinski definition) is 1. The normalized spacial score (nSPS) is 21.6. The summed E-state index contributed by atoms with van der Waals surface area (Å²) in [6, 6.07) is -0.413. The van der Waals surface area contributed by atoms with Crippen molar-refractivity contribution in [3.05, 3.63) is 0 Å². The van der Waals surface area contributed by atoms with Gasteiger partial charge in [0.25, 0.3) is 0 Å². The molecule has 1 saturated heterocycles. The number of amides is 2. The molecule has 1 atom stereocenters. The minimum Gasteiger partial charge on any atom is -0.380 e. The van der Waals surface area contributed by atoms with Crippen LogP contribution in [0.5, 0.6) is 0 Å². The lowest BCUT2D eigenvalue weighted by Crippen LogP contribution is -2.63. The Morgan fingerprint density at radius 1 is 1.41 bits per heavy atom. The van der Waals surface area contributed by atoms with Crippen LogP contribution in [-0.4, -0.2) is 49.1 Å². The summed E-state index contributed by atoms with van der Waals surface area (Å²) in [6.07, 6.45) is 0. The molecule has 5 heteroatoms. The van der Waals surface area contributed by atoms with Crippen molar-refractivity contribution in [1.82, 2.24) is 10.2 Å². The predicted molar refractivity (Wildman–Crippen MR) is 64.5 cm³/mol. The molecule has 0 bridgehead atoms. The van der Waals surface area contributed by atoms with Crippen molar-refractivity contribution in [2.75, 3.05) is 26.3 Å². The lowest BCUT2D eigenvalue weighted by Gasteiger charge is -2.41. The zero-order valence-corrected chi connectivity index (χ0v) is 11.1. The number of carbonyl (C=O) groups is 2. The van der Waals surface area contributed by atoms with Crippen LogP contribution < -0.4 is 5.32 Å². The van der Waals surface area contributed by atoms with Crippen molar-refractivity contribution in [2.45, 2.75) is 33.7 Å². The Morgan fingerprint density at radius 3 is 2.59 bits per heavy atom. The van der Waals surface area contributed by atoms with Crippen LogP contribution >= 0.6 is 0 Å². The highest BCUT2D eigenvalue weighted by molar-refractivity contribution is 5.95. The largest absolute Gasteiger partial charge is 0.380 e. The fourth-order valence-electron chi connectivity index (χ4n) is 2.07. The first-order chi connectivity index (χ1) is 7.88. The highest BCUT2D eigenvalue weighted by Gasteiger charge is 2.41. The summed E-state index contributed by atoms with van der Waals surface area (Å²) in [5.41, 5.74) is -0.271. The van der Waals surface area contributed by atoms with E-state index in [-0.39, 0.29) is 23.8 Å². The van der Waals surface area contributed by atoms with Crippen LogP contribution in [0.2, 0.25) is 0 Å². The first kappa shape index (κ1) is 14.0. The quantitative estimate of drug-likeness (QED) is 0.726. The Hall–Kier alpha value is -1.10. The number of carbonyl (C=O) groups excluding carboxylic acids is 2. The van der Waals surface area contributed by atoms with Gasteiger partial charge in [0.15, 0.2) is 0 Å². The van der Waals surface area contributed by atoms with Crippen LogP contribution in [-0.2, 0) is 14.3 Å². The molecule has 17 heavy (non-hydrogen) atoms. The molecule has 1 aliphatic rings. The number of hydrogen-bond acceptors (Lipinski definition) is 3. The molecule has 0 aromatic rings. The first-order valence-electron chi connectivity index (χ1n) is 6.03. The zero-order valence-electron chi connectivity index (χ0n) is 11.1. The summed E-state index contributed by atoms with van der Waals surface area (Å²) >= 11 is 0. The molecule has 98 valence electrons. The van der Waals surface area contributed by atoms with Crippen molar-refractivity contribution in [2.24, 2.45) is 5.41 Å². The summed E-state index contributed by atoms with van der Waals surface area (Å²) in [4.78, 5) is 25.4. The van der Waals surface area contributed by atoms with Gasteiger partial charge in [-0.1, -0.05) is 20.8 Å². The van der Waals surface area contributed by atoms with Crippen LogP contribution in [0.4, 0.5) is 0 Å². The minimum atomic E-state index is -0.413. The van der Waals surface area contributed by atoms with Crippen LogP contribution in [0.1, 0.15) is 27.7 Å². The van der Waals surface area contributed by atoms with Gasteiger partial charge in [0.05, 0.1) is 13.2 Å². The maximum Gasteiger partial charge on any atom is 0.243 e. The van der Waals surface area contributed by atoms with Gasteiger partial charge in [0, 0.05) is 13.2 Å². The van der Waals surface area contributed by atoms with E-state index in [1.165, 1.54) is 0 Å². The number of rotatable bonds is 4. The van der Waals surface area contributed by atoms with E-state index < -0.39 is 6.04 Å². The number of piperazine rings is 1. The molecule has 1 fully saturated rings. The molecule has 0 saturated carbocycles. The topological polar surface area (TPSA) is 58.6 Å². The highest BCUT2D eigenvalue weighted by Crippen LogP contribution is 2.26. The van der Waals surface area contributed by atoms with Crippen LogP contribution in [0.25, 0.3) is 0 Å². The van der Waals surface area contributed by atoms with Gasteiger partial charge in [0.1, 0.15) is 6.04 Å². The molecule has 1 unspecified atom stereocenters. The molecule has 1 aliphatic heterocycles. The zero-order chi connectivity index (χ0) is 13.1. The van der Waals surface area contributed by atoms with E-state index in [0.29, 0.717) is 19.8 Å². The number of ether oxygens (including phenoxy) is 1. The maximum atomic E-state index is 11.9. The molecular weight excluding hydrogens is 220 g/mol. The van der Waals surface area contributed by atoms with E-state index in [9.17, 15) is 9.59 Å².